The van der Waals surface area contributed by atoms with E-state index in [1.54, 1.807) is 24.3 Å². The van der Waals surface area contributed by atoms with Gasteiger partial charge in [-0.1, -0.05) is 44.5 Å². The number of hydrogen-bond acceptors (Lipinski definition) is 4. The number of aryl methyl sites for hydroxylation is 1. The maximum Gasteiger partial charge on any atom is 0.261 e. The average molecular weight is 427 g/mol. The maximum absolute atomic E-state index is 13.4. The Morgan fingerprint density at radius 1 is 1.03 bits per heavy atom. The van der Waals surface area contributed by atoms with Gasteiger partial charge in [-0.15, -0.1) is 0 Å². The van der Waals surface area contributed by atoms with Crippen molar-refractivity contribution in [2.24, 2.45) is 16.7 Å². The molecular formula is C23H26N2O4S. The molecule has 30 heavy (non-hydrogen) atoms. The number of imide groups is 1. The maximum atomic E-state index is 13.4. The normalized spacial score (nSPS) is 25.5. The zero-order valence-electron chi connectivity index (χ0n) is 17.6. The van der Waals surface area contributed by atoms with E-state index in [2.05, 4.69) is 4.72 Å². The van der Waals surface area contributed by atoms with Gasteiger partial charge in [-0.25, -0.2) is 13.3 Å². The molecule has 1 aliphatic carbocycles. The number of sulfonamides is 1. The van der Waals surface area contributed by atoms with Crippen LogP contribution in [0.25, 0.3) is 0 Å². The number of anilines is 2. The third kappa shape index (κ3) is 2.95. The highest BCUT2D eigenvalue weighted by atomic mass is 32.2. The molecule has 7 heteroatoms. The molecule has 0 unspecified atom stereocenters. The lowest BCUT2D eigenvalue weighted by molar-refractivity contribution is -0.146. The van der Waals surface area contributed by atoms with E-state index in [1.807, 2.05) is 39.8 Å². The third-order valence-electron chi connectivity index (χ3n) is 7.11. The summed E-state index contributed by atoms with van der Waals surface area (Å²) in [6.45, 7) is 7.78. The van der Waals surface area contributed by atoms with E-state index in [1.165, 1.54) is 17.0 Å². The second-order valence-electron chi connectivity index (χ2n) is 9.09. The molecular weight excluding hydrogens is 400 g/mol. The van der Waals surface area contributed by atoms with Gasteiger partial charge in [0.15, 0.2) is 0 Å². The Labute approximate surface area is 177 Å². The van der Waals surface area contributed by atoms with Gasteiger partial charge in [-0.2, -0.15) is 0 Å². The van der Waals surface area contributed by atoms with Gasteiger partial charge in [0.2, 0.25) is 11.8 Å². The second-order valence-corrected chi connectivity index (χ2v) is 10.8. The summed E-state index contributed by atoms with van der Waals surface area (Å²) in [5.41, 5.74) is 0.691. The summed E-state index contributed by atoms with van der Waals surface area (Å²) in [7, 11) is -3.87. The van der Waals surface area contributed by atoms with Crippen LogP contribution in [-0.2, 0) is 19.6 Å². The number of nitrogens with zero attached hydrogens (tertiary/aromatic N) is 1. The Bertz CT molecular complexity index is 1140. The fraction of sp³-hybridized carbons (Fsp3) is 0.391. The summed E-state index contributed by atoms with van der Waals surface area (Å²) in [5, 5.41) is 0. The van der Waals surface area contributed by atoms with Gasteiger partial charge in [-0.05, 0) is 55.5 Å². The Morgan fingerprint density at radius 2 is 1.70 bits per heavy atom. The molecule has 2 amide bonds. The summed E-state index contributed by atoms with van der Waals surface area (Å²) in [6.07, 6.45) is 1.32. The first-order valence-corrected chi connectivity index (χ1v) is 11.5. The Balaban J connectivity index is 1.69. The van der Waals surface area contributed by atoms with Gasteiger partial charge in [0.05, 0.1) is 16.0 Å². The highest BCUT2D eigenvalue weighted by Crippen LogP contribution is 2.60. The van der Waals surface area contributed by atoms with Gasteiger partial charge in [-0.3, -0.25) is 14.3 Å². The zero-order valence-corrected chi connectivity index (χ0v) is 18.4. The quantitative estimate of drug-likeness (QED) is 0.746. The molecule has 1 aliphatic heterocycles. The van der Waals surface area contributed by atoms with Gasteiger partial charge in [0.1, 0.15) is 0 Å². The number of fused-ring (bicyclic) bond motifs is 2. The highest BCUT2D eigenvalue weighted by molar-refractivity contribution is 7.92. The van der Waals surface area contributed by atoms with E-state index in [4.69, 9.17) is 0 Å². The van der Waals surface area contributed by atoms with Crippen LogP contribution in [0.15, 0.2) is 53.4 Å². The number of benzene rings is 2. The number of rotatable bonds is 4. The Kier molecular flexibility index (Phi) is 4.58. The van der Waals surface area contributed by atoms with Crippen LogP contribution in [0, 0.1) is 23.7 Å². The van der Waals surface area contributed by atoms with Crippen LogP contribution < -0.4 is 9.62 Å². The van der Waals surface area contributed by atoms with Crippen LogP contribution in [0.1, 0.15) is 39.2 Å². The molecule has 1 saturated carbocycles. The molecule has 1 heterocycles. The topological polar surface area (TPSA) is 83.6 Å². The summed E-state index contributed by atoms with van der Waals surface area (Å²) in [6, 6.07) is 13.0. The first kappa shape index (κ1) is 20.6. The SMILES string of the molecule is Cc1ccc(NS(=O)(=O)c2cccc(N3C(=O)[C@H]4CC[C@@](C)(C3=O)C4(C)C)c2)cc1. The summed E-state index contributed by atoms with van der Waals surface area (Å²) in [4.78, 5) is 27.7. The largest absolute Gasteiger partial charge is 0.280 e. The minimum Gasteiger partial charge on any atom is -0.280 e. The average Bonchev–Trinajstić information content (AvgIpc) is 2.87. The van der Waals surface area contributed by atoms with Crippen molar-refractivity contribution in [3.63, 3.8) is 0 Å². The van der Waals surface area contributed by atoms with Gasteiger partial charge in [0.25, 0.3) is 10.0 Å². The Hall–Kier alpha value is -2.67. The zero-order chi connectivity index (χ0) is 21.9. The van der Waals surface area contributed by atoms with Gasteiger partial charge >= 0.3 is 0 Å². The van der Waals surface area contributed by atoms with Crippen molar-refractivity contribution in [2.75, 3.05) is 9.62 Å². The lowest BCUT2D eigenvalue weighted by Crippen LogP contribution is -2.59. The number of amides is 2. The molecule has 0 radical (unpaired) electrons. The van der Waals surface area contributed by atoms with E-state index >= 15 is 0 Å². The molecule has 1 saturated heterocycles. The molecule has 2 aromatic rings. The molecule has 2 aliphatic rings. The predicted octanol–water partition coefficient (Wildman–Crippen LogP) is 4.11. The molecule has 2 bridgehead atoms. The van der Waals surface area contributed by atoms with Crippen LogP contribution in [0.5, 0.6) is 0 Å². The number of carbonyl (C=O) groups is 2. The van der Waals surface area contributed by atoms with E-state index in [0.717, 1.165) is 5.56 Å². The predicted molar refractivity (Wildman–Crippen MR) is 116 cm³/mol. The van der Waals surface area contributed by atoms with E-state index in [-0.39, 0.29) is 22.6 Å². The van der Waals surface area contributed by atoms with Crippen LogP contribution in [0.4, 0.5) is 11.4 Å². The van der Waals surface area contributed by atoms with Gasteiger partial charge < -0.3 is 0 Å². The Morgan fingerprint density at radius 3 is 2.37 bits per heavy atom. The minimum atomic E-state index is -3.87. The van der Waals surface area contributed by atoms with Crippen molar-refractivity contribution >= 4 is 33.2 Å². The lowest BCUT2D eigenvalue weighted by atomic mass is 9.62. The van der Waals surface area contributed by atoms with Crippen LogP contribution in [0.2, 0.25) is 0 Å². The standard InChI is InChI=1S/C23H26N2O4S/c1-15-8-10-16(11-9-15)24-30(28,29)18-7-5-6-17(14-18)25-20(26)19-12-13-23(4,21(25)27)22(19,2)3/h5-11,14,19,24H,12-13H2,1-4H3/t19-,23+/m1/s1. The summed E-state index contributed by atoms with van der Waals surface area (Å²) >= 11 is 0. The van der Waals surface area contributed by atoms with Crippen molar-refractivity contribution in [2.45, 2.75) is 45.4 Å². The lowest BCUT2D eigenvalue weighted by Gasteiger charge is -2.47. The minimum absolute atomic E-state index is 0.00325. The number of nitrogens with one attached hydrogen (secondary N) is 1. The number of carbonyl (C=O) groups excluding carboxylic acids is 2. The molecule has 2 aromatic carbocycles. The molecule has 4 rings (SSSR count). The van der Waals surface area contributed by atoms with E-state index < -0.39 is 20.9 Å². The van der Waals surface area contributed by atoms with Crippen molar-refractivity contribution in [1.82, 2.24) is 0 Å². The molecule has 0 aromatic heterocycles. The molecule has 0 spiro atoms. The number of hydrogen-bond donors (Lipinski definition) is 1. The van der Waals surface area contributed by atoms with Crippen LogP contribution in [-0.4, -0.2) is 20.2 Å². The fourth-order valence-corrected chi connectivity index (χ4v) is 5.79. The molecule has 6 nitrogen and oxygen atoms in total. The first-order valence-electron chi connectivity index (χ1n) is 10.1. The molecule has 2 atom stereocenters. The summed E-state index contributed by atoms with van der Waals surface area (Å²) < 4.78 is 28.3. The number of piperidine rings is 1. The third-order valence-corrected chi connectivity index (χ3v) is 8.49. The monoisotopic (exact) mass is 426 g/mol. The smallest absolute Gasteiger partial charge is 0.261 e. The fourth-order valence-electron chi connectivity index (χ4n) is 4.69. The van der Waals surface area contributed by atoms with Crippen LogP contribution in [0.3, 0.4) is 0 Å². The van der Waals surface area contributed by atoms with Crippen molar-refractivity contribution in [1.29, 1.82) is 0 Å². The molecule has 158 valence electrons. The first-order chi connectivity index (χ1) is 14.0. The van der Waals surface area contributed by atoms with Crippen molar-refractivity contribution < 1.29 is 18.0 Å². The molecule has 1 N–H and O–H groups in total. The van der Waals surface area contributed by atoms with E-state index in [9.17, 15) is 18.0 Å². The molecule has 2 fully saturated rings. The van der Waals surface area contributed by atoms with Crippen molar-refractivity contribution in [3.8, 4) is 0 Å². The van der Waals surface area contributed by atoms with Crippen molar-refractivity contribution in [3.05, 3.63) is 54.1 Å². The van der Waals surface area contributed by atoms with Gasteiger partial charge in [0, 0.05) is 11.6 Å². The second kappa shape index (κ2) is 6.67. The van der Waals surface area contributed by atoms with E-state index in [0.29, 0.717) is 24.2 Å². The highest BCUT2D eigenvalue weighted by Gasteiger charge is 2.64. The summed E-state index contributed by atoms with van der Waals surface area (Å²) in [5.74, 6) is -0.764. The van der Waals surface area contributed by atoms with Crippen LogP contribution >= 0.6 is 0 Å².